The first-order chi connectivity index (χ1) is 8.15. The maximum Gasteiger partial charge on any atom is 0.316 e. The highest BCUT2D eigenvalue weighted by molar-refractivity contribution is 5.87. The lowest BCUT2D eigenvalue weighted by atomic mass is 9.89. The number of hydrogen-bond donors (Lipinski definition) is 2. The molecule has 2 rings (SSSR count). The summed E-state index contributed by atoms with van der Waals surface area (Å²) < 4.78 is 0. The summed E-state index contributed by atoms with van der Waals surface area (Å²) >= 11 is 0. The van der Waals surface area contributed by atoms with Gasteiger partial charge in [-0.1, -0.05) is 12.1 Å². The van der Waals surface area contributed by atoms with Gasteiger partial charge in [0.2, 0.25) is 0 Å². The van der Waals surface area contributed by atoms with Gasteiger partial charge in [0, 0.05) is 5.69 Å². The van der Waals surface area contributed by atoms with Crippen LogP contribution < -0.4 is 11.1 Å². The molecule has 0 atom stereocenters. The summed E-state index contributed by atoms with van der Waals surface area (Å²) in [7, 11) is 2.16. The minimum Gasteiger partial charge on any atom is -0.351 e. The van der Waals surface area contributed by atoms with E-state index in [1.165, 1.54) is 18.4 Å². The van der Waals surface area contributed by atoms with Crippen molar-refractivity contribution in [2.24, 2.45) is 5.73 Å². The van der Waals surface area contributed by atoms with Gasteiger partial charge in [-0.15, -0.1) is 0 Å². The normalized spacial score (nSPS) is 17.9. The van der Waals surface area contributed by atoms with E-state index in [-0.39, 0.29) is 0 Å². The Balaban J connectivity index is 2.00. The second-order valence-corrected chi connectivity index (χ2v) is 4.69. The first-order valence-corrected chi connectivity index (χ1v) is 6.00. The van der Waals surface area contributed by atoms with Crippen LogP contribution in [0, 0.1) is 0 Å². The first-order valence-electron chi connectivity index (χ1n) is 6.00. The second-order valence-electron chi connectivity index (χ2n) is 4.69. The molecule has 4 nitrogen and oxygen atoms in total. The highest BCUT2D eigenvalue weighted by Crippen LogP contribution is 2.28. The van der Waals surface area contributed by atoms with Gasteiger partial charge in [0.05, 0.1) is 0 Å². The Hall–Kier alpha value is -1.55. The van der Waals surface area contributed by atoms with Crippen molar-refractivity contribution in [2.75, 3.05) is 25.5 Å². The number of amides is 2. The number of piperidine rings is 1. The number of benzene rings is 1. The largest absolute Gasteiger partial charge is 0.351 e. The molecule has 1 aromatic carbocycles. The number of hydrogen-bond acceptors (Lipinski definition) is 2. The number of carbonyl (C=O) groups is 1. The van der Waals surface area contributed by atoms with E-state index in [9.17, 15) is 4.79 Å². The second kappa shape index (κ2) is 5.19. The van der Waals surface area contributed by atoms with E-state index in [4.69, 9.17) is 5.73 Å². The van der Waals surface area contributed by atoms with E-state index in [2.05, 4.69) is 29.4 Å². The number of primary amides is 1. The van der Waals surface area contributed by atoms with Crippen molar-refractivity contribution in [1.29, 1.82) is 0 Å². The highest BCUT2D eigenvalue weighted by atomic mass is 16.2. The van der Waals surface area contributed by atoms with Crippen molar-refractivity contribution in [3.8, 4) is 0 Å². The molecule has 0 aromatic heterocycles. The number of nitrogens with one attached hydrogen (secondary N) is 1. The molecule has 0 saturated carbocycles. The van der Waals surface area contributed by atoms with Crippen LogP contribution in [0.15, 0.2) is 24.3 Å². The summed E-state index contributed by atoms with van der Waals surface area (Å²) in [6, 6.07) is 7.48. The van der Waals surface area contributed by atoms with Crippen LogP contribution in [0.4, 0.5) is 10.5 Å². The molecule has 1 aliphatic rings. The zero-order valence-electron chi connectivity index (χ0n) is 10.1. The number of carbonyl (C=O) groups excluding carboxylic acids is 1. The monoisotopic (exact) mass is 233 g/mol. The van der Waals surface area contributed by atoms with Crippen LogP contribution in [0.5, 0.6) is 0 Å². The first kappa shape index (κ1) is 11.9. The predicted octanol–water partition coefficient (Wildman–Crippen LogP) is 1.99. The molecule has 92 valence electrons. The van der Waals surface area contributed by atoms with E-state index < -0.39 is 6.03 Å². The third kappa shape index (κ3) is 3.20. The minimum absolute atomic E-state index is 0.517. The molecule has 0 spiro atoms. The van der Waals surface area contributed by atoms with Gasteiger partial charge in [-0.3, -0.25) is 0 Å². The molecule has 1 aromatic rings. The molecule has 1 fully saturated rings. The molecule has 1 saturated heterocycles. The molecular formula is C13H19N3O. The number of anilines is 1. The fourth-order valence-electron chi connectivity index (χ4n) is 2.32. The van der Waals surface area contributed by atoms with Crippen molar-refractivity contribution in [1.82, 2.24) is 4.90 Å². The Morgan fingerprint density at radius 2 is 1.88 bits per heavy atom. The molecule has 3 N–H and O–H groups in total. The standard InChI is InChI=1S/C13H19N3O/c1-16-8-6-11(7-9-16)10-2-4-12(5-3-10)15-13(14)17/h2-5,11H,6-9H2,1H3,(H3,14,15,17). The van der Waals surface area contributed by atoms with Crippen molar-refractivity contribution in [3.05, 3.63) is 29.8 Å². The Labute approximate surface area is 102 Å². The quantitative estimate of drug-likeness (QED) is 0.820. The maximum atomic E-state index is 10.7. The molecule has 2 amide bonds. The number of urea groups is 1. The smallest absolute Gasteiger partial charge is 0.316 e. The predicted molar refractivity (Wildman–Crippen MR) is 69.1 cm³/mol. The summed E-state index contributed by atoms with van der Waals surface area (Å²) in [5, 5.41) is 2.57. The van der Waals surface area contributed by atoms with Crippen LogP contribution in [0.25, 0.3) is 0 Å². The maximum absolute atomic E-state index is 10.7. The molecule has 17 heavy (non-hydrogen) atoms. The lowest BCUT2D eigenvalue weighted by Gasteiger charge is -2.29. The van der Waals surface area contributed by atoms with E-state index in [1.807, 2.05) is 12.1 Å². The van der Waals surface area contributed by atoms with Crippen LogP contribution in [0.2, 0.25) is 0 Å². The molecule has 0 radical (unpaired) electrons. The summed E-state index contributed by atoms with van der Waals surface area (Å²) in [6.45, 7) is 2.32. The van der Waals surface area contributed by atoms with Crippen molar-refractivity contribution < 1.29 is 4.79 Å². The topological polar surface area (TPSA) is 58.4 Å². The van der Waals surface area contributed by atoms with Gasteiger partial charge in [0.25, 0.3) is 0 Å². The van der Waals surface area contributed by atoms with E-state index in [1.54, 1.807) is 0 Å². The Kier molecular flexibility index (Phi) is 3.64. The van der Waals surface area contributed by atoms with Gasteiger partial charge in [0.1, 0.15) is 0 Å². The minimum atomic E-state index is -0.517. The SMILES string of the molecule is CN1CCC(c2ccc(NC(N)=O)cc2)CC1. The van der Waals surface area contributed by atoms with E-state index in [0.717, 1.165) is 18.8 Å². The third-order valence-corrected chi connectivity index (χ3v) is 3.37. The molecule has 0 aliphatic carbocycles. The Morgan fingerprint density at radius 3 is 2.41 bits per heavy atom. The number of rotatable bonds is 2. The number of nitrogens with two attached hydrogens (primary N) is 1. The lowest BCUT2D eigenvalue weighted by molar-refractivity contribution is 0.255. The van der Waals surface area contributed by atoms with Gasteiger partial charge >= 0.3 is 6.03 Å². The van der Waals surface area contributed by atoms with Gasteiger partial charge in [-0.05, 0) is 56.6 Å². The molecule has 0 unspecified atom stereocenters. The molecule has 1 heterocycles. The average molecular weight is 233 g/mol. The molecule has 4 heteroatoms. The van der Waals surface area contributed by atoms with Crippen LogP contribution >= 0.6 is 0 Å². The van der Waals surface area contributed by atoms with Crippen molar-refractivity contribution in [2.45, 2.75) is 18.8 Å². The number of nitrogens with zero attached hydrogens (tertiary/aromatic N) is 1. The highest BCUT2D eigenvalue weighted by Gasteiger charge is 2.17. The van der Waals surface area contributed by atoms with Crippen LogP contribution in [0.3, 0.4) is 0 Å². The van der Waals surface area contributed by atoms with Gasteiger partial charge in [0.15, 0.2) is 0 Å². The lowest BCUT2D eigenvalue weighted by Crippen LogP contribution is -2.29. The summed E-state index contributed by atoms with van der Waals surface area (Å²) in [4.78, 5) is 13.1. The van der Waals surface area contributed by atoms with E-state index in [0.29, 0.717) is 5.92 Å². The molecule has 1 aliphatic heterocycles. The fraction of sp³-hybridized carbons (Fsp3) is 0.462. The average Bonchev–Trinajstić information content (AvgIpc) is 2.30. The summed E-state index contributed by atoms with van der Waals surface area (Å²) in [5.41, 5.74) is 7.18. The Morgan fingerprint density at radius 1 is 1.29 bits per heavy atom. The van der Waals surface area contributed by atoms with Crippen LogP contribution in [0.1, 0.15) is 24.3 Å². The summed E-state index contributed by atoms with van der Waals surface area (Å²) in [6.07, 6.45) is 2.41. The molecular weight excluding hydrogens is 214 g/mol. The van der Waals surface area contributed by atoms with Crippen LogP contribution in [-0.4, -0.2) is 31.1 Å². The van der Waals surface area contributed by atoms with Gasteiger partial charge in [-0.2, -0.15) is 0 Å². The van der Waals surface area contributed by atoms with E-state index >= 15 is 0 Å². The Bertz CT molecular complexity index is 380. The van der Waals surface area contributed by atoms with Crippen LogP contribution in [-0.2, 0) is 0 Å². The van der Waals surface area contributed by atoms with Crippen molar-refractivity contribution in [3.63, 3.8) is 0 Å². The van der Waals surface area contributed by atoms with Crippen molar-refractivity contribution >= 4 is 11.7 Å². The van der Waals surface area contributed by atoms with Gasteiger partial charge in [-0.25, -0.2) is 4.79 Å². The summed E-state index contributed by atoms with van der Waals surface area (Å²) in [5.74, 6) is 0.647. The molecule has 0 bridgehead atoms. The zero-order chi connectivity index (χ0) is 12.3. The number of likely N-dealkylation sites (tertiary alicyclic amines) is 1. The third-order valence-electron chi connectivity index (χ3n) is 3.37. The fourth-order valence-corrected chi connectivity index (χ4v) is 2.32. The zero-order valence-corrected chi connectivity index (χ0v) is 10.1. The van der Waals surface area contributed by atoms with Gasteiger partial charge < -0.3 is 16.0 Å².